The van der Waals surface area contributed by atoms with E-state index in [1.165, 1.54) is 17.2 Å². The summed E-state index contributed by atoms with van der Waals surface area (Å²) < 4.78 is 0. The van der Waals surface area contributed by atoms with E-state index in [0.29, 0.717) is 0 Å². The Morgan fingerprint density at radius 3 is 2.90 bits per heavy atom. The zero-order valence-electron chi connectivity index (χ0n) is 10.6. The van der Waals surface area contributed by atoms with Gasteiger partial charge in [-0.3, -0.25) is 4.79 Å². The number of hydrogen-bond acceptors (Lipinski definition) is 2. The molecule has 0 aliphatic heterocycles. The van der Waals surface area contributed by atoms with Crippen molar-refractivity contribution in [2.24, 2.45) is 5.11 Å². The summed E-state index contributed by atoms with van der Waals surface area (Å²) in [5, 5.41) is 5.18. The van der Waals surface area contributed by atoms with Gasteiger partial charge in [0.2, 0.25) is 5.91 Å². The second kappa shape index (κ2) is 5.33. The first-order chi connectivity index (χ1) is 9.79. The maximum atomic E-state index is 11.7. The van der Waals surface area contributed by atoms with Crippen molar-refractivity contribution in [2.45, 2.75) is 12.8 Å². The summed E-state index contributed by atoms with van der Waals surface area (Å²) in [5.74, 6) is -0.557. The van der Waals surface area contributed by atoms with Crippen LogP contribution in [0.25, 0.3) is 16.0 Å². The van der Waals surface area contributed by atoms with E-state index in [9.17, 15) is 4.79 Å². The lowest BCUT2D eigenvalue weighted by atomic mass is 9.98. The van der Waals surface area contributed by atoms with E-state index in [1.807, 2.05) is 23.6 Å². The van der Waals surface area contributed by atoms with Crippen LogP contribution in [0, 0.1) is 0 Å². The molecule has 4 nitrogen and oxygen atoms in total. The maximum Gasteiger partial charge on any atom is 0.242 e. The largest absolute Gasteiger partial charge is 0.288 e. The molecule has 2 aromatic rings. The third kappa shape index (κ3) is 2.25. The SMILES string of the molecule is [N-]=[N+]=NC(=O)/C=C1\c2ccccc2CCc2ccsc21. The van der Waals surface area contributed by atoms with Crippen LogP contribution in [0.4, 0.5) is 0 Å². The summed E-state index contributed by atoms with van der Waals surface area (Å²) in [7, 11) is 0. The number of nitrogens with zero attached hydrogens (tertiary/aromatic N) is 3. The summed E-state index contributed by atoms with van der Waals surface area (Å²) in [6.07, 6.45) is 3.36. The van der Waals surface area contributed by atoms with Gasteiger partial charge in [-0.2, -0.15) is 0 Å². The average Bonchev–Trinajstić information content (AvgIpc) is 2.86. The van der Waals surface area contributed by atoms with Crippen LogP contribution in [0.15, 0.2) is 46.9 Å². The van der Waals surface area contributed by atoms with Gasteiger partial charge >= 0.3 is 0 Å². The van der Waals surface area contributed by atoms with Gasteiger partial charge < -0.3 is 0 Å². The minimum atomic E-state index is -0.557. The molecule has 0 bridgehead atoms. The van der Waals surface area contributed by atoms with Crippen molar-refractivity contribution in [3.63, 3.8) is 0 Å². The molecule has 1 aliphatic rings. The van der Waals surface area contributed by atoms with E-state index < -0.39 is 5.91 Å². The number of aryl methyl sites for hydroxylation is 2. The molecule has 0 saturated heterocycles. The average molecular weight is 281 g/mol. The van der Waals surface area contributed by atoms with E-state index in [-0.39, 0.29) is 0 Å². The fourth-order valence-corrected chi connectivity index (χ4v) is 3.49. The van der Waals surface area contributed by atoms with Crippen LogP contribution in [0.3, 0.4) is 0 Å². The van der Waals surface area contributed by atoms with Crippen LogP contribution >= 0.6 is 11.3 Å². The van der Waals surface area contributed by atoms with Crippen LogP contribution in [0.1, 0.15) is 21.6 Å². The summed E-state index contributed by atoms with van der Waals surface area (Å²) in [6.45, 7) is 0. The molecule has 0 fully saturated rings. The van der Waals surface area contributed by atoms with Crippen LogP contribution in [-0.2, 0) is 17.6 Å². The second-order valence-electron chi connectivity index (χ2n) is 4.52. The van der Waals surface area contributed by atoms with E-state index in [0.717, 1.165) is 28.9 Å². The fraction of sp³-hybridized carbons (Fsp3) is 0.133. The number of fused-ring (bicyclic) bond motifs is 2. The number of benzene rings is 1. The van der Waals surface area contributed by atoms with E-state index in [1.54, 1.807) is 11.3 Å². The summed E-state index contributed by atoms with van der Waals surface area (Å²) in [5.41, 5.74) is 12.8. The monoisotopic (exact) mass is 281 g/mol. The first-order valence-electron chi connectivity index (χ1n) is 6.25. The number of hydrogen-bond donors (Lipinski definition) is 0. The quantitative estimate of drug-likeness (QED) is 0.335. The molecule has 1 aromatic carbocycles. The number of carbonyl (C=O) groups is 1. The van der Waals surface area contributed by atoms with Gasteiger partial charge in [0.05, 0.1) is 0 Å². The second-order valence-corrected chi connectivity index (χ2v) is 5.43. The lowest BCUT2D eigenvalue weighted by Crippen LogP contribution is -1.94. The van der Waals surface area contributed by atoms with Gasteiger partial charge in [0.25, 0.3) is 0 Å². The summed E-state index contributed by atoms with van der Waals surface area (Å²) in [6, 6.07) is 10.2. The molecule has 0 N–H and O–H groups in total. The molecule has 1 aliphatic carbocycles. The van der Waals surface area contributed by atoms with Crippen molar-refractivity contribution in [1.82, 2.24) is 0 Å². The highest BCUT2D eigenvalue weighted by molar-refractivity contribution is 7.11. The summed E-state index contributed by atoms with van der Waals surface area (Å²) in [4.78, 5) is 15.3. The Bertz CT molecular complexity index is 754. The normalized spacial score (nSPS) is 14.9. The molecule has 1 heterocycles. The first-order valence-corrected chi connectivity index (χ1v) is 7.13. The van der Waals surface area contributed by atoms with Crippen molar-refractivity contribution in [3.05, 3.63) is 73.8 Å². The van der Waals surface area contributed by atoms with Crippen molar-refractivity contribution in [2.75, 3.05) is 0 Å². The van der Waals surface area contributed by atoms with Crippen LogP contribution in [0.5, 0.6) is 0 Å². The first kappa shape index (κ1) is 12.7. The van der Waals surface area contributed by atoms with E-state index in [2.05, 4.69) is 22.2 Å². The molecule has 0 spiro atoms. The molecule has 3 rings (SSSR count). The van der Waals surface area contributed by atoms with Crippen LogP contribution < -0.4 is 0 Å². The van der Waals surface area contributed by atoms with Crippen LogP contribution in [0.2, 0.25) is 0 Å². The van der Waals surface area contributed by atoms with Gasteiger partial charge in [-0.05, 0) is 57.7 Å². The Morgan fingerprint density at radius 1 is 1.25 bits per heavy atom. The molecule has 98 valence electrons. The predicted octanol–water partition coefficient (Wildman–Crippen LogP) is 4.12. The van der Waals surface area contributed by atoms with Gasteiger partial charge in [0, 0.05) is 15.4 Å². The minimum Gasteiger partial charge on any atom is -0.288 e. The number of carbonyl (C=O) groups excluding carboxylic acids is 1. The Kier molecular flexibility index (Phi) is 3.37. The molecule has 20 heavy (non-hydrogen) atoms. The van der Waals surface area contributed by atoms with Crippen molar-refractivity contribution in [3.8, 4) is 0 Å². The molecule has 0 unspecified atom stereocenters. The number of azide groups is 1. The summed E-state index contributed by atoms with van der Waals surface area (Å²) >= 11 is 1.62. The van der Waals surface area contributed by atoms with Crippen molar-refractivity contribution >= 4 is 22.8 Å². The zero-order valence-corrected chi connectivity index (χ0v) is 11.4. The number of thiophene rings is 1. The minimum absolute atomic E-state index is 0.557. The Labute approximate surface area is 120 Å². The lowest BCUT2D eigenvalue weighted by molar-refractivity contribution is -0.113. The van der Waals surface area contributed by atoms with Crippen LogP contribution in [-0.4, -0.2) is 5.91 Å². The van der Waals surface area contributed by atoms with Gasteiger partial charge in [0.1, 0.15) is 0 Å². The molecule has 0 radical (unpaired) electrons. The van der Waals surface area contributed by atoms with Crippen molar-refractivity contribution in [1.29, 1.82) is 0 Å². The molecule has 0 atom stereocenters. The Morgan fingerprint density at radius 2 is 2.05 bits per heavy atom. The highest BCUT2D eigenvalue weighted by Crippen LogP contribution is 2.36. The molecule has 5 heteroatoms. The predicted molar refractivity (Wildman–Crippen MR) is 79.4 cm³/mol. The van der Waals surface area contributed by atoms with E-state index in [4.69, 9.17) is 5.53 Å². The van der Waals surface area contributed by atoms with Gasteiger partial charge in [-0.15, -0.1) is 11.3 Å². The third-order valence-electron chi connectivity index (χ3n) is 3.37. The zero-order chi connectivity index (χ0) is 13.9. The molecule has 0 saturated carbocycles. The third-order valence-corrected chi connectivity index (χ3v) is 4.36. The molecule has 1 aromatic heterocycles. The van der Waals surface area contributed by atoms with Gasteiger partial charge in [-0.25, -0.2) is 0 Å². The van der Waals surface area contributed by atoms with Crippen molar-refractivity contribution < 1.29 is 4.79 Å². The highest BCUT2D eigenvalue weighted by atomic mass is 32.1. The molecule has 1 amide bonds. The fourth-order valence-electron chi connectivity index (χ4n) is 2.50. The van der Waals surface area contributed by atoms with E-state index >= 15 is 0 Å². The highest BCUT2D eigenvalue weighted by Gasteiger charge is 2.19. The molecular formula is C15H11N3OS. The topological polar surface area (TPSA) is 65.8 Å². The van der Waals surface area contributed by atoms with Gasteiger partial charge in [-0.1, -0.05) is 24.3 Å². The Hall–Kier alpha value is -2.36. The van der Waals surface area contributed by atoms with Gasteiger partial charge in [0.15, 0.2) is 0 Å². The standard InChI is InChI=1S/C15H11N3OS/c16-18-17-14(19)9-13-12-4-2-1-3-10(12)5-6-11-7-8-20-15(11)13/h1-4,7-9H,5-6H2/b13-9+. The number of amides is 1. The Balaban J connectivity index is 2.22. The smallest absolute Gasteiger partial charge is 0.242 e. The lowest BCUT2D eigenvalue weighted by Gasteiger charge is -2.08. The number of rotatable bonds is 1. The maximum absolute atomic E-state index is 11.7. The molecular weight excluding hydrogens is 270 g/mol.